The molecule has 9 heteroatoms. The van der Waals surface area contributed by atoms with Gasteiger partial charge in [-0.2, -0.15) is 0 Å². The number of anilines is 1. The predicted octanol–water partition coefficient (Wildman–Crippen LogP) is 2.82. The molecule has 2 rings (SSSR count). The molecule has 0 radical (unpaired) electrons. The van der Waals surface area contributed by atoms with E-state index in [1.807, 2.05) is 0 Å². The fourth-order valence-electron chi connectivity index (χ4n) is 2.10. The summed E-state index contributed by atoms with van der Waals surface area (Å²) in [4.78, 5) is 34.0. The number of esters is 1. The van der Waals surface area contributed by atoms with Crippen LogP contribution in [0.15, 0.2) is 42.5 Å². The summed E-state index contributed by atoms with van der Waals surface area (Å²) >= 11 is 5.05. The molecule has 134 valence electrons. The number of amides is 1. The molecule has 0 aromatic heterocycles. The molecule has 2 N–H and O–H groups in total. The molecule has 1 amide bonds. The van der Waals surface area contributed by atoms with Crippen LogP contribution in [0.4, 0.5) is 11.4 Å². The molecular weight excluding hydrogens is 358 g/mol. The monoisotopic (exact) mass is 373 g/mol. The summed E-state index contributed by atoms with van der Waals surface area (Å²) in [6, 6.07) is 10.4. The van der Waals surface area contributed by atoms with Gasteiger partial charge in [-0.3, -0.25) is 20.2 Å². The molecule has 2 aromatic rings. The molecule has 2 aromatic carbocycles. The molecule has 0 aliphatic heterocycles. The van der Waals surface area contributed by atoms with Gasteiger partial charge < -0.3 is 10.1 Å². The van der Waals surface area contributed by atoms with Crippen molar-refractivity contribution < 1.29 is 19.2 Å². The van der Waals surface area contributed by atoms with Crippen molar-refractivity contribution >= 4 is 40.6 Å². The number of nitro groups is 1. The number of nitrogens with one attached hydrogen (secondary N) is 2. The highest BCUT2D eigenvalue weighted by Gasteiger charge is 2.13. The van der Waals surface area contributed by atoms with Gasteiger partial charge in [-0.05, 0) is 49.5 Å². The van der Waals surface area contributed by atoms with Crippen molar-refractivity contribution in [1.82, 2.24) is 5.32 Å². The van der Waals surface area contributed by atoms with Crippen molar-refractivity contribution in [3.8, 4) is 0 Å². The first-order valence-corrected chi connectivity index (χ1v) is 7.78. The third kappa shape index (κ3) is 4.61. The van der Waals surface area contributed by atoms with Crippen LogP contribution in [0, 0.1) is 17.0 Å². The molecular formula is C17H15N3O5S. The molecule has 0 atom stereocenters. The van der Waals surface area contributed by atoms with Crippen LogP contribution < -0.4 is 10.6 Å². The third-order valence-electron chi connectivity index (χ3n) is 3.46. The van der Waals surface area contributed by atoms with Gasteiger partial charge in [0.1, 0.15) is 0 Å². The fraction of sp³-hybridized carbons (Fsp3) is 0.118. The quantitative estimate of drug-likeness (QED) is 0.367. The van der Waals surface area contributed by atoms with Crippen molar-refractivity contribution in [3.05, 3.63) is 69.3 Å². The maximum atomic E-state index is 12.2. The van der Waals surface area contributed by atoms with Gasteiger partial charge >= 0.3 is 5.97 Å². The van der Waals surface area contributed by atoms with Crippen LogP contribution >= 0.6 is 12.2 Å². The second kappa shape index (κ2) is 8.17. The smallest absolute Gasteiger partial charge is 0.337 e. The Balaban J connectivity index is 2.03. The van der Waals surface area contributed by atoms with Crippen LogP contribution in [0.1, 0.15) is 26.3 Å². The number of nitrogens with zero attached hydrogens (tertiary/aromatic N) is 1. The first-order valence-electron chi connectivity index (χ1n) is 7.37. The summed E-state index contributed by atoms with van der Waals surface area (Å²) in [7, 11) is 1.27. The topological polar surface area (TPSA) is 111 Å². The average Bonchev–Trinajstić information content (AvgIpc) is 2.62. The number of nitro benzene ring substituents is 1. The van der Waals surface area contributed by atoms with Crippen LogP contribution in [0.5, 0.6) is 0 Å². The number of carbonyl (C=O) groups is 2. The highest BCUT2D eigenvalue weighted by molar-refractivity contribution is 7.80. The van der Waals surface area contributed by atoms with Gasteiger partial charge in [0.25, 0.3) is 11.6 Å². The molecule has 0 heterocycles. The van der Waals surface area contributed by atoms with Crippen molar-refractivity contribution in [2.75, 3.05) is 12.4 Å². The number of carbonyl (C=O) groups excluding carboxylic acids is 2. The van der Waals surface area contributed by atoms with Gasteiger partial charge in [-0.15, -0.1) is 0 Å². The Morgan fingerprint density at radius 2 is 1.73 bits per heavy atom. The highest BCUT2D eigenvalue weighted by Crippen LogP contribution is 2.22. The summed E-state index contributed by atoms with van der Waals surface area (Å²) in [6.45, 7) is 1.62. The fourth-order valence-corrected chi connectivity index (χ4v) is 2.31. The summed E-state index contributed by atoms with van der Waals surface area (Å²) in [6.07, 6.45) is 0. The molecule has 0 bridgehead atoms. The average molecular weight is 373 g/mol. The molecule has 0 saturated carbocycles. The van der Waals surface area contributed by atoms with E-state index in [1.165, 1.54) is 37.4 Å². The van der Waals surface area contributed by atoms with E-state index in [4.69, 9.17) is 12.2 Å². The van der Waals surface area contributed by atoms with Crippen molar-refractivity contribution in [3.63, 3.8) is 0 Å². The van der Waals surface area contributed by atoms with E-state index in [9.17, 15) is 19.7 Å². The van der Waals surface area contributed by atoms with Gasteiger partial charge in [0, 0.05) is 22.9 Å². The summed E-state index contributed by atoms with van der Waals surface area (Å²) in [5, 5.41) is 16.1. The minimum absolute atomic E-state index is 0.00908. The Bertz CT molecular complexity index is 880. The van der Waals surface area contributed by atoms with Crippen LogP contribution in [0.25, 0.3) is 0 Å². The van der Waals surface area contributed by atoms with Crippen LogP contribution in [0.3, 0.4) is 0 Å². The summed E-state index contributed by atoms with van der Waals surface area (Å²) in [5.41, 5.74) is 1.45. The minimum Gasteiger partial charge on any atom is -0.465 e. The molecule has 0 saturated heterocycles. The van der Waals surface area contributed by atoms with Gasteiger partial charge in [0.05, 0.1) is 17.6 Å². The number of aryl methyl sites for hydroxylation is 1. The third-order valence-corrected chi connectivity index (χ3v) is 3.66. The molecule has 26 heavy (non-hydrogen) atoms. The second-order valence-corrected chi connectivity index (χ2v) is 5.64. The van der Waals surface area contributed by atoms with Crippen LogP contribution in [-0.2, 0) is 4.74 Å². The number of hydrogen-bond acceptors (Lipinski definition) is 6. The Hall–Kier alpha value is -3.33. The Kier molecular flexibility index (Phi) is 5.97. The Labute approximate surface area is 154 Å². The molecule has 0 aliphatic carbocycles. The van der Waals surface area contributed by atoms with Gasteiger partial charge in [-0.1, -0.05) is 6.07 Å². The normalized spacial score (nSPS) is 9.92. The maximum absolute atomic E-state index is 12.2. The predicted molar refractivity (Wildman–Crippen MR) is 99.3 cm³/mol. The molecule has 8 nitrogen and oxygen atoms in total. The van der Waals surface area contributed by atoms with Crippen LogP contribution in [0.2, 0.25) is 0 Å². The first kappa shape index (κ1) is 19.0. The zero-order valence-corrected chi connectivity index (χ0v) is 14.8. The van der Waals surface area contributed by atoms with Gasteiger partial charge in [0.15, 0.2) is 5.11 Å². The van der Waals surface area contributed by atoms with E-state index in [-0.39, 0.29) is 16.4 Å². The molecule has 0 fully saturated rings. The second-order valence-electron chi connectivity index (χ2n) is 5.24. The lowest BCUT2D eigenvalue weighted by molar-refractivity contribution is -0.385. The summed E-state index contributed by atoms with van der Waals surface area (Å²) in [5.74, 6) is -0.990. The zero-order valence-electron chi connectivity index (χ0n) is 13.9. The van der Waals surface area contributed by atoms with Gasteiger partial charge in [0.2, 0.25) is 0 Å². The number of thiocarbonyl (C=S) groups is 1. The SMILES string of the molecule is COC(=O)c1ccc(C(=O)NC(=S)Nc2ccc(C)c([N+](=O)[O-])c2)cc1. The maximum Gasteiger partial charge on any atom is 0.337 e. The number of ether oxygens (including phenoxy) is 1. The number of benzene rings is 2. The van der Waals surface area contributed by atoms with Crippen molar-refractivity contribution in [1.29, 1.82) is 0 Å². The van der Waals surface area contributed by atoms with E-state index in [2.05, 4.69) is 15.4 Å². The lowest BCUT2D eigenvalue weighted by Crippen LogP contribution is -2.34. The Morgan fingerprint density at radius 1 is 1.12 bits per heavy atom. The first-order chi connectivity index (χ1) is 12.3. The molecule has 0 spiro atoms. The number of methoxy groups -OCH3 is 1. The van der Waals surface area contributed by atoms with E-state index in [1.54, 1.807) is 19.1 Å². The highest BCUT2D eigenvalue weighted by atomic mass is 32.1. The van der Waals surface area contributed by atoms with Crippen molar-refractivity contribution in [2.45, 2.75) is 6.92 Å². The van der Waals surface area contributed by atoms with E-state index in [0.29, 0.717) is 16.8 Å². The molecule has 0 aliphatic rings. The van der Waals surface area contributed by atoms with E-state index < -0.39 is 16.8 Å². The largest absolute Gasteiger partial charge is 0.465 e. The number of rotatable bonds is 4. The molecule has 0 unspecified atom stereocenters. The minimum atomic E-state index is -0.505. The van der Waals surface area contributed by atoms with E-state index >= 15 is 0 Å². The van der Waals surface area contributed by atoms with Crippen LogP contribution in [-0.4, -0.2) is 29.0 Å². The standard InChI is InChI=1S/C17H15N3O5S/c1-10-3-8-13(9-14(10)20(23)24)18-17(26)19-15(21)11-4-6-12(7-5-11)16(22)25-2/h3-9H,1-2H3,(H2,18,19,21,26). The lowest BCUT2D eigenvalue weighted by atomic mass is 10.1. The summed E-state index contributed by atoms with van der Waals surface area (Å²) < 4.78 is 4.58. The van der Waals surface area contributed by atoms with Crippen molar-refractivity contribution in [2.24, 2.45) is 0 Å². The Morgan fingerprint density at radius 3 is 2.31 bits per heavy atom. The van der Waals surface area contributed by atoms with Gasteiger partial charge in [-0.25, -0.2) is 4.79 Å². The van der Waals surface area contributed by atoms with E-state index in [0.717, 1.165) is 0 Å². The zero-order chi connectivity index (χ0) is 19.3. The number of hydrogen-bond donors (Lipinski definition) is 2. The lowest BCUT2D eigenvalue weighted by Gasteiger charge is -2.10.